The van der Waals surface area contributed by atoms with Crippen LogP contribution in [0.1, 0.15) is 0 Å². The van der Waals surface area contributed by atoms with Crippen LogP contribution in [-0.4, -0.2) is 0 Å². The molecule has 60 heavy (non-hydrogen) atoms. The molecule has 0 saturated heterocycles. The number of fused-ring (bicyclic) bond motifs is 3. The topological polar surface area (TPSA) is 0 Å². The number of hydrogen-bond acceptors (Lipinski definition) is 0. The third-order valence-corrected chi connectivity index (χ3v) is 12.0. The highest BCUT2D eigenvalue weighted by atomic mass is 14.2. The molecule has 0 amide bonds. The Hall–Kier alpha value is -7.80. The van der Waals surface area contributed by atoms with Crippen LogP contribution in [0.25, 0.3) is 110 Å². The maximum Gasteiger partial charge on any atom is -0.00926 e. The van der Waals surface area contributed by atoms with Crippen molar-refractivity contribution in [3.63, 3.8) is 0 Å². The fraction of sp³-hybridized carbons (Fsp3) is 0. The molecule has 0 fully saturated rings. The van der Waals surface area contributed by atoms with Crippen molar-refractivity contribution in [3.05, 3.63) is 243 Å². The first kappa shape index (κ1) is 35.4. The summed E-state index contributed by atoms with van der Waals surface area (Å²) in [6.07, 6.45) is 0. The third kappa shape index (κ3) is 6.75. The van der Waals surface area contributed by atoms with Gasteiger partial charge in [0.2, 0.25) is 0 Å². The van der Waals surface area contributed by atoms with Crippen molar-refractivity contribution in [1.82, 2.24) is 0 Å². The van der Waals surface area contributed by atoms with Crippen molar-refractivity contribution in [3.8, 4) is 77.9 Å². The van der Waals surface area contributed by atoms with E-state index in [1.165, 1.54) is 110 Å². The largest absolute Gasteiger partial charge is 0.0622 e. The Morgan fingerprint density at radius 1 is 0.150 bits per heavy atom. The second-order valence-corrected chi connectivity index (χ2v) is 15.7. The molecule has 0 bridgehead atoms. The zero-order valence-corrected chi connectivity index (χ0v) is 33.1. The lowest BCUT2D eigenvalue weighted by Crippen LogP contribution is -1.91. The van der Waals surface area contributed by atoms with Crippen LogP contribution < -0.4 is 0 Å². The predicted octanol–water partition coefficient (Wildman–Crippen LogP) is 16.8. The van der Waals surface area contributed by atoms with Crippen LogP contribution in [0.4, 0.5) is 0 Å². The van der Waals surface area contributed by atoms with E-state index in [4.69, 9.17) is 0 Å². The van der Waals surface area contributed by atoms with Gasteiger partial charge in [-0.1, -0.05) is 194 Å². The van der Waals surface area contributed by atoms with Crippen LogP contribution in [0.2, 0.25) is 0 Å². The van der Waals surface area contributed by atoms with Crippen LogP contribution >= 0.6 is 0 Å². The Morgan fingerprint density at radius 2 is 0.400 bits per heavy atom. The smallest absolute Gasteiger partial charge is 0.00926 e. The molecule has 0 heterocycles. The van der Waals surface area contributed by atoms with Gasteiger partial charge in [-0.05, 0) is 159 Å². The molecule has 0 heteroatoms. The van der Waals surface area contributed by atoms with Gasteiger partial charge in [0, 0.05) is 0 Å². The monoisotopic (exact) mass is 760 g/mol. The van der Waals surface area contributed by atoms with E-state index < -0.39 is 0 Å². The Kier molecular flexibility index (Phi) is 8.95. The van der Waals surface area contributed by atoms with E-state index in [9.17, 15) is 0 Å². The summed E-state index contributed by atoms with van der Waals surface area (Å²) in [6.45, 7) is 0. The third-order valence-electron chi connectivity index (χ3n) is 12.0. The molecule has 0 N–H and O–H groups in total. The summed E-state index contributed by atoms with van der Waals surface area (Å²) in [5.41, 5.74) is 17.1. The predicted molar refractivity (Wildman–Crippen MR) is 257 cm³/mol. The lowest BCUT2D eigenvalue weighted by Gasteiger charge is -2.17. The van der Waals surface area contributed by atoms with Crippen LogP contribution in [0.15, 0.2) is 243 Å². The Labute approximate surface area is 351 Å². The summed E-state index contributed by atoms with van der Waals surface area (Å²) in [4.78, 5) is 0. The molecule has 0 unspecified atom stereocenters. The first-order valence-corrected chi connectivity index (χ1v) is 20.7. The molecule has 0 aliphatic rings. The molecule has 11 aromatic rings. The summed E-state index contributed by atoms with van der Waals surface area (Å²) in [5.74, 6) is 0. The van der Waals surface area contributed by atoms with Gasteiger partial charge in [0.15, 0.2) is 0 Å². The molecule has 11 rings (SSSR count). The Balaban J connectivity index is 0.942. The Bertz CT molecular complexity index is 3310. The SMILES string of the molecule is c1ccc(-c2ccc3cc(-c4ccc(-c5ccc6cc(-c7cc(-c8ccccc8)c8cc(-c9ccccc9)cc(-c9ccccc9)c8c7)ccc6c5)cc4)ccc3c2)cc1. The first-order valence-electron chi connectivity index (χ1n) is 20.7. The highest BCUT2D eigenvalue weighted by Crippen LogP contribution is 2.42. The molecule has 0 aromatic heterocycles. The lowest BCUT2D eigenvalue weighted by molar-refractivity contribution is 1.59. The van der Waals surface area contributed by atoms with Crippen molar-refractivity contribution >= 4 is 32.3 Å². The van der Waals surface area contributed by atoms with E-state index in [1.807, 2.05) is 0 Å². The lowest BCUT2D eigenvalue weighted by atomic mass is 9.86. The average Bonchev–Trinajstić information content (AvgIpc) is 3.34. The van der Waals surface area contributed by atoms with Gasteiger partial charge >= 0.3 is 0 Å². The molecule has 0 spiro atoms. The number of benzene rings is 11. The minimum absolute atomic E-state index is 1.21. The highest BCUT2D eigenvalue weighted by Gasteiger charge is 2.15. The van der Waals surface area contributed by atoms with E-state index in [2.05, 4.69) is 243 Å². The second kappa shape index (κ2) is 15.2. The van der Waals surface area contributed by atoms with Crippen molar-refractivity contribution in [2.75, 3.05) is 0 Å². The summed E-state index contributed by atoms with van der Waals surface area (Å²) in [5, 5.41) is 7.45. The van der Waals surface area contributed by atoms with E-state index >= 15 is 0 Å². The molecule has 0 nitrogen and oxygen atoms in total. The van der Waals surface area contributed by atoms with Gasteiger partial charge in [-0.15, -0.1) is 0 Å². The van der Waals surface area contributed by atoms with E-state index in [0.29, 0.717) is 0 Å². The minimum Gasteiger partial charge on any atom is -0.0622 e. The normalized spacial score (nSPS) is 11.3. The summed E-state index contributed by atoms with van der Waals surface area (Å²) >= 11 is 0. The molecule has 0 aliphatic carbocycles. The summed E-state index contributed by atoms with van der Waals surface area (Å²) in [6, 6.07) is 88.8. The molecule has 0 saturated carbocycles. The van der Waals surface area contributed by atoms with Gasteiger partial charge in [-0.2, -0.15) is 0 Å². The van der Waals surface area contributed by atoms with Crippen LogP contribution in [-0.2, 0) is 0 Å². The first-order chi connectivity index (χ1) is 29.7. The number of rotatable bonds is 7. The summed E-state index contributed by atoms with van der Waals surface area (Å²) < 4.78 is 0. The molecular weight excluding hydrogens is 721 g/mol. The zero-order chi connectivity index (χ0) is 39.8. The zero-order valence-electron chi connectivity index (χ0n) is 33.1. The van der Waals surface area contributed by atoms with Gasteiger partial charge in [-0.3, -0.25) is 0 Å². The van der Waals surface area contributed by atoms with Gasteiger partial charge in [0.1, 0.15) is 0 Å². The van der Waals surface area contributed by atoms with E-state index in [1.54, 1.807) is 0 Å². The molecule has 0 atom stereocenters. The molecule has 0 aliphatic heterocycles. The second-order valence-electron chi connectivity index (χ2n) is 15.7. The summed E-state index contributed by atoms with van der Waals surface area (Å²) in [7, 11) is 0. The van der Waals surface area contributed by atoms with E-state index in [0.717, 1.165) is 0 Å². The standard InChI is InChI=1S/C60H40/c1-5-13-41(14-6-1)47-25-28-51-34-48(26-29-50(51)33-47)43-21-23-44(24-22-43)49-27-30-53-36-54(32-31-52(53)35-49)56-38-58(46-19-11-4-12-20-46)59-39-55(42-15-7-2-8-16-42)37-57(60(59)40-56)45-17-9-3-10-18-45/h1-40H. The van der Waals surface area contributed by atoms with Crippen LogP contribution in [0.5, 0.6) is 0 Å². The molecule has 0 radical (unpaired) electrons. The fourth-order valence-electron chi connectivity index (χ4n) is 8.83. The Morgan fingerprint density at radius 3 is 0.750 bits per heavy atom. The minimum atomic E-state index is 1.21. The number of hydrogen-bond donors (Lipinski definition) is 0. The van der Waals surface area contributed by atoms with Crippen molar-refractivity contribution in [2.45, 2.75) is 0 Å². The van der Waals surface area contributed by atoms with Gasteiger partial charge < -0.3 is 0 Å². The quantitative estimate of drug-likeness (QED) is 0.152. The van der Waals surface area contributed by atoms with Crippen molar-refractivity contribution in [1.29, 1.82) is 0 Å². The van der Waals surface area contributed by atoms with Crippen LogP contribution in [0, 0.1) is 0 Å². The fourth-order valence-corrected chi connectivity index (χ4v) is 8.83. The van der Waals surface area contributed by atoms with Crippen LogP contribution in [0.3, 0.4) is 0 Å². The van der Waals surface area contributed by atoms with Gasteiger partial charge in [0.25, 0.3) is 0 Å². The van der Waals surface area contributed by atoms with Crippen molar-refractivity contribution in [2.24, 2.45) is 0 Å². The van der Waals surface area contributed by atoms with Gasteiger partial charge in [0.05, 0.1) is 0 Å². The maximum atomic E-state index is 2.40. The highest BCUT2D eigenvalue weighted by molar-refractivity contribution is 6.09. The van der Waals surface area contributed by atoms with Crippen molar-refractivity contribution < 1.29 is 0 Å². The van der Waals surface area contributed by atoms with Gasteiger partial charge in [-0.25, -0.2) is 0 Å². The molecule has 11 aromatic carbocycles. The maximum absolute atomic E-state index is 2.40. The average molecular weight is 761 g/mol. The molecule has 280 valence electrons. The van der Waals surface area contributed by atoms with E-state index in [-0.39, 0.29) is 0 Å². The molecular formula is C60H40.